The number of hydrogen-bond acceptors (Lipinski definition) is 2. The molecule has 0 aromatic rings. The number of amides is 1. The Kier molecular flexibility index (Phi) is 3.91. The minimum Gasteiger partial charge on any atom is -0.354 e. The first-order valence-electron chi connectivity index (χ1n) is 6.34. The Morgan fingerprint density at radius 1 is 1.29 bits per heavy atom. The first-order chi connectivity index (χ1) is 7.96. The van der Waals surface area contributed by atoms with E-state index < -0.39 is 9.75 Å². The Morgan fingerprint density at radius 2 is 1.88 bits per heavy atom. The molecule has 1 atom stereocenters. The molecule has 2 aliphatic rings. The van der Waals surface area contributed by atoms with Gasteiger partial charge >= 0.3 is 0 Å². The molecule has 1 amide bonds. The van der Waals surface area contributed by atoms with Gasteiger partial charge in [0.05, 0.1) is 5.41 Å². The molecule has 17 heavy (non-hydrogen) atoms. The van der Waals surface area contributed by atoms with Crippen LogP contribution in [0, 0.1) is 5.41 Å². The zero-order valence-electron chi connectivity index (χ0n) is 10.3. The quantitative estimate of drug-likeness (QED) is 0.800. The lowest BCUT2D eigenvalue weighted by Gasteiger charge is -2.26. The molecule has 1 N–H and O–H groups in total. The fraction of sp³-hybridized carbons (Fsp3) is 0.917. The van der Waals surface area contributed by atoms with Crippen molar-refractivity contribution < 1.29 is 4.79 Å². The maximum atomic E-state index is 11.9. The van der Waals surface area contributed by atoms with Crippen molar-refractivity contribution in [3.63, 3.8) is 0 Å². The van der Waals surface area contributed by atoms with Crippen molar-refractivity contribution in [2.24, 2.45) is 5.41 Å². The summed E-state index contributed by atoms with van der Waals surface area (Å²) in [6.45, 7) is 5.76. The van der Waals surface area contributed by atoms with Crippen LogP contribution in [0.2, 0.25) is 0 Å². The number of carbonyl (C=O) groups excluding carboxylic acids is 1. The van der Waals surface area contributed by atoms with Gasteiger partial charge in [0.1, 0.15) is 4.33 Å². The second kappa shape index (κ2) is 4.94. The summed E-state index contributed by atoms with van der Waals surface area (Å²) in [5.74, 6) is -0.0143. The fourth-order valence-electron chi connectivity index (χ4n) is 2.35. The summed E-state index contributed by atoms with van der Waals surface area (Å²) >= 11 is 11.9. The summed E-state index contributed by atoms with van der Waals surface area (Å²) < 4.78 is -0.859. The number of rotatable bonds is 4. The molecule has 1 aliphatic heterocycles. The molecule has 1 saturated carbocycles. The normalized spacial score (nSPS) is 32.2. The molecule has 1 heterocycles. The highest BCUT2D eigenvalue weighted by molar-refractivity contribution is 6.53. The summed E-state index contributed by atoms with van der Waals surface area (Å²) in [6, 6.07) is 0. The Labute approximate surface area is 113 Å². The van der Waals surface area contributed by atoms with Crippen molar-refractivity contribution in [3.8, 4) is 0 Å². The van der Waals surface area contributed by atoms with Crippen LogP contribution in [0.4, 0.5) is 0 Å². The second-order valence-electron chi connectivity index (χ2n) is 5.37. The first-order valence-corrected chi connectivity index (χ1v) is 7.10. The summed E-state index contributed by atoms with van der Waals surface area (Å²) in [5, 5.41) is 2.94. The van der Waals surface area contributed by atoms with Gasteiger partial charge in [0.2, 0.25) is 5.91 Å². The van der Waals surface area contributed by atoms with Crippen LogP contribution in [-0.4, -0.2) is 41.3 Å². The van der Waals surface area contributed by atoms with Gasteiger partial charge in [0.25, 0.3) is 0 Å². The molecule has 0 aromatic heterocycles. The van der Waals surface area contributed by atoms with Crippen molar-refractivity contribution in [2.75, 3.05) is 26.2 Å². The van der Waals surface area contributed by atoms with Gasteiger partial charge in [0, 0.05) is 13.1 Å². The van der Waals surface area contributed by atoms with Gasteiger partial charge < -0.3 is 10.2 Å². The third-order valence-electron chi connectivity index (χ3n) is 3.92. The molecule has 5 heteroatoms. The smallest absolute Gasteiger partial charge is 0.229 e. The van der Waals surface area contributed by atoms with Gasteiger partial charge in [-0.3, -0.25) is 4.79 Å². The molecule has 0 unspecified atom stereocenters. The first kappa shape index (κ1) is 13.4. The van der Waals surface area contributed by atoms with Crippen LogP contribution in [0.1, 0.15) is 32.6 Å². The number of likely N-dealkylation sites (tertiary alicyclic amines) is 1. The molecule has 0 aromatic carbocycles. The molecule has 2 rings (SSSR count). The zero-order chi connectivity index (χ0) is 12.5. The van der Waals surface area contributed by atoms with Crippen molar-refractivity contribution >= 4 is 29.1 Å². The van der Waals surface area contributed by atoms with E-state index >= 15 is 0 Å². The largest absolute Gasteiger partial charge is 0.354 e. The molecule has 2 fully saturated rings. The van der Waals surface area contributed by atoms with E-state index in [2.05, 4.69) is 10.2 Å². The molecule has 1 saturated heterocycles. The lowest BCUT2D eigenvalue weighted by atomic mass is 10.1. The SMILES string of the molecule is C[C@@]1(C(=O)NCCN2CCCCC2)CC1(Cl)Cl. The number of piperidine rings is 1. The van der Waals surface area contributed by atoms with E-state index in [4.69, 9.17) is 23.2 Å². The molecular weight excluding hydrogens is 259 g/mol. The van der Waals surface area contributed by atoms with Crippen molar-refractivity contribution in [1.82, 2.24) is 10.2 Å². The monoisotopic (exact) mass is 278 g/mol. The zero-order valence-corrected chi connectivity index (χ0v) is 11.8. The molecule has 98 valence electrons. The Bertz CT molecular complexity index is 303. The molecule has 1 aliphatic carbocycles. The number of alkyl halides is 2. The molecule has 3 nitrogen and oxygen atoms in total. The summed E-state index contributed by atoms with van der Waals surface area (Å²) in [5.41, 5.74) is -0.585. The lowest BCUT2D eigenvalue weighted by molar-refractivity contribution is -0.125. The fourth-order valence-corrected chi connectivity index (χ4v) is 3.06. The Morgan fingerprint density at radius 3 is 2.41 bits per heavy atom. The third-order valence-corrected chi connectivity index (χ3v) is 5.02. The maximum Gasteiger partial charge on any atom is 0.229 e. The number of nitrogens with zero attached hydrogens (tertiary/aromatic N) is 1. The van der Waals surface area contributed by atoms with E-state index in [-0.39, 0.29) is 5.91 Å². The summed E-state index contributed by atoms with van der Waals surface area (Å²) in [6.07, 6.45) is 4.44. The number of halogens is 2. The standard InChI is InChI=1S/C12H20Cl2N2O/c1-11(9-12(11,13)14)10(17)15-5-8-16-6-3-2-4-7-16/h2-9H2,1H3,(H,15,17)/t11-/m0/s1. The van der Waals surface area contributed by atoms with E-state index in [1.165, 1.54) is 19.3 Å². The predicted octanol–water partition coefficient (Wildman–Crippen LogP) is 2.17. The van der Waals surface area contributed by atoms with E-state index in [1.807, 2.05) is 6.92 Å². The van der Waals surface area contributed by atoms with E-state index in [0.717, 1.165) is 19.6 Å². The number of nitrogens with one attached hydrogen (secondary N) is 1. The van der Waals surface area contributed by atoms with Gasteiger partial charge in [-0.05, 0) is 39.3 Å². The topological polar surface area (TPSA) is 32.3 Å². The van der Waals surface area contributed by atoms with Crippen LogP contribution in [0.25, 0.3) is 0 Å². The highest BCUT2D eigenvalue weighted by atomic mass is 35.5. The molecule has 0 spiro atoms. The van der Waals surface area contributed by atoms with Crippen LogP contribution in [0.15, 0.2) is 0 Å². The molecular formula is C12H20Cl2N2O. The van der Waals surface area contributed by atoms with E-state index in [0.29, 0.717) is 13.0 Å². The second-order valence-corrected chi connectivity index (χ2v) is 6.86. The van der Waals surface area contributed by atoms with Crippen LogP contribution in [-0.2, 0) is 4.79 Å². The van der Waals surface area contributed by atoms with Gasteiger partial charge in [-0.15, -0.1) is 23.2 Å². The van der Waals surface area contributed by atoms with Gasteiger partial charge in [-0.25, -0.2) is 0 Å². The van der Waals surface area contributed by atoms with E-state index in [9.17, 15) is 4.79 Å². The van der Waals surface area contributed by atoms with Crippen LogP contribution >= 0.6 is 23.2 Å². The highest BCUT2D eigenvalue weighted by Gasteiger charge is 2.67. The predicted molar refractivity (Wildman–Crippen MR) is 70.5 cm³/mol. The van der Waals surface area contributed by atoms with Crippen LogP contribution in [0.3, 0.4) is 0 Å². The van der Waals surface area contributed by atoms with E-state index in [1.54, 1.807) is 0 Å². The van der Waals surface area contributed by atoms with Crippen molar-refractivity contribution in [3.05, 3.63) is 0 Å². The molecule has 0 bridgehead atoms. The average molecular weight is 279 g/mol. The Hall–Kier alpha value is 0.01000. The van der Waals surface area contributed by atoms with Crippen LogP contribution in [0.5, 0.6) is 0 Å². The van der Waals surface area contributed by atoms with Crippen molar-refractivity contribution in [1.29, 1.82) is 0 Å². The maximum absolute atomic E-state index is 11.9. The van der Waals surface area contributed by atoms with Gasteiger partial charge in [0.15, 0.2) is 0 Å². The summed E-state index contributed by atoms with van der Waals surface area (Å²) in [4.78, 5) is 14.3. The molecule has 0 radical (unpaired) electrons. The van der Waals surface area contributed by atoms with Gasteiger partial charge in [-0.1, -0.05) is 6.42 Å². The lowest BCUT2D eigenvalue weighted by Crippen LogP contribution is -2.40. The Balaban J connectivity index is 1.67. The minimum atomic E-state index is -0.859. The number of carbonyl (C=O) groups is 1. The van der Waals surface area contributed by atoms with Crippen molar-refractivity contribution in [2.45, 2.75) is 36.9 Å². The highest BCUT2D eigenvalue weighted by Crippen LogP contribution is 2.63. The third kappa shape index (κ3) is 2.88. The minimum absolute atomic E-state index is 0.0143. The summed E-state index contributed by atoms with van der Waals surface area (Å²) in [7, 11) is 0. The average Bonchev–Trinajstić information content (AvgIpc) is 2.81. The van der Waals surface area contributed by atoms with Crippen LogP contribution < -0.4 is 5.32 Å². The number of hydrogen-bond donors (Lipinski definition) is 1. The van der Waals surface area contributed by atoms with Gasteiger partial charge in [-0.2, -0.15) is 0 Å².